The molecule has 17 heteroatoms. The quantitative estimate of drug-likeness (QED) is 0.0494. The van der Waals surface area contributed by atoms with E-state index >= 15 is 0 Å². The Labute approximate surface area is 400 Å². The van der Waals surface area contributed by atoms with Crippen LogP contribution in [0.1, 0.15) is 95.1 Å². The van der Waals surface area contributed by atoms with E-state index in [9.17, 15) is 29.4 Å². The van der Waals surface area contributed by atoms with Crippen LogP contribution in [0.4, 0.5) is 5.82 Å². The Morgan fingerprint density at radius 2 is 1.60 bits per heavy atom. The molecule has 1 fully saturated rings. The Kier molecular flexibility index (Phi) is 15.7. The Morgan fingerprint density at radius 3 is 2.31 bits per heavy atom. The number of carbonyl (C=O) groups excluding carboxylic acids is 4. The Balaban J connectivity index is 0.889. The number of aromatic hydroxyl groups is 1. The number of phenolic OH excluding ortho intramolecular Hbond substituents is 1. The van der Waals surface area contributed by atoms with Gasteiger partial charge in [0.2, 0.25) is 23.6 Å². The largest absolute Gasteiger partial charge is 0.507 e. The van der Waals surface area contributed by atoms with E-state index in [-0.39, 0.29) is 54.7 Å². The molecular weight excluding hydrogens is 881 g/mol. The van der Waals surface area contributed by atoms with Gasteiger partial charge in [0.1, 0.15) is 17.8 Å². The molecule has 0 aliphatic carbocycles. The summed E-state index contributed by atoms with van der Waals surface area (Å²) in [6, 6.07) is 22.9. The summed E-state index contributed by atoms with van der Waals surface area (Å²) >= 11 is 1.57. The van der Waals surface area contributed by atoms with Gasteiger partial charge in [-0.2, -0.15) is 5.10 Å². The molecule has 4 amide bonds. The van der Waals surface area contributed by atoms with Crippen molar-refractivity contribution in [1.82, 2.24) is 45.8 Å². The number of aliphatic hydroxyl groups excluding tert-OH is 1. The molecule has 68 heavy (non-hydrogen) atoms. The molecule has 3 aromatic heterocycles. The smallest absolute Gasteiger partial charge is 0.249 e. The second-order valence-corrected chi connectivity index (χ2v) is 19.3. The molecule has 1 saturated heterocycles. The van der Waals surface area contributed by atoms with Crippen LogP contribution in [-0.2, 0) is 19.2 Å². The number of aromatic nitrogens is 5. The molecule has 0 saturated carbocycles. The molecule has 0 radical (unpaired) electrons. The zero-order valence-corrected chi connectivity index (χ0v) is 39.9. The van der Waals surface area contributed by atoms with Gasteiger partial charge in [-0.1, -0.05) is 100 Å². The number of nitrogens with two attached hydrogens (primary N) is 1. The molecule has 4 heterocycles. The van der Waals surface area contributed by atoms with Crippen LogP contribution in [0.5, 0.6) is 5.75 Å². The number of rotatable bonds is 18. The third kappa shape index (κ3) is 11.8. The lowest BCUT2D eigenvalue weighted by atomic mass is 9.85. The first-order chi connectivity index (χ1) is 32.6. The molecular formula is C51H60N10O6S. The number of nitrogens with zero attached hydrogens (tertiary/aromatic N) is 6. The van der Waals surface area contributed by atoms with Crippen molar-refractivity contribution in [2.24, 2.45) is 5.41 Å². The number of phenols is 1. The highest BCUT2D eigenvalue weighted by Gasteiger charge is 2.44. The van der Waals surface area contributed by atoms with Gasteiger partial charge in [0, 0.05) is 48.8 Å². The van der Waals surface area contributed by atoms with Crippen LogP contribution in [0.3, 0.4) is 0 Å². The predicted octanol–water partition coefficient (Wildman–Crippen LogP) is 6.75. The number of aliphatic hydroxyl groups is 1. The van der Waals surface area contributed by atoms with Crippen molar-refractivity contribution in [3.05, 3.63) is 120 Å². The summed E-state index contributed by atoms with van der Waals surface area (Å²) in [4.78, 5) is 61.8. The van der Waals surface area contributed by atoms with Crippen LogP contribution in [-0.4, -0.2) is 95.0 Å². The van der Waals surface area contributed by atoms with Crippen LogP contribution in [0, 0.1) is 12.3 Å². The molecule has 16 nitrogen and oxygen atoms in total. The van der Waals surface area contributed by atoms with E-state index in [4.69, 9.17) is 5.73 Å². The zero-order chi connectivity index (χ0) is 48.5. The van der Waals surface area contributed by atoms with Crippen molar-refractivity contribution in [1.29, 1.82) is 0 Å². The van der Waals surface area contributed by atoms with Crippen LogP contribution in [0.25, 0.3) is 32.8 Å². The van der Waals surface area contributed by atoms with E-state index in [1.165, 1.54) is 4.90 Å². The number of β-amino-alcohol motifs (C(OH)–C–C–N with tert-alkyl or cyclic N) is 1. The van der Waals surface area contributed by atoms with Crippen molar-refractivity contribution >= 4 is 40.8 Å². The summed E-state index contributed by atoms with van der Waals surface area (Å²) in [5, 5.41) is 43.0. The maximum Gasteiger partial charge on any atom is 0.249 e. The maximum atomic E-state index is 14.2. The highest BCUT2D eigenvalue weighted by molar-refractivity contribution is 7.13. The molecule has 6 aromatic rings. The van der Waals surface area contributed by atoms with Gasteiger partial charge in [0.25, 0.3) is 0 Å². The second kappa shape index (κ2) is 21.8. The Bertz CT molecular complexity index is 2700. The number of likely N-dealkylation sites (tertiary alicyclic amines) is 1. The zero-order valence-electron chi connectivity index (χ0n) is 39.1. The Morgan fingerprint density at radius 1 is 0.882 bits per heavy atom. The van der Waals surface area contributed by atoms with Crippen LogP contribution < -0.4 is 21.7 Å². The van der Waals surface area contributed by atoms with E-state index in [2.05, 4.69) is 36.2 Å². The summed E-state index contributed by atoms with van der Waals surface area (Å²) in [5.74, 6) is -1.06. The van der Waals surface area contributed by atoms with Gasteiger partial charge in [-0.25, -0.2) is 4.98 Å². The van der Waals surface area contributed by atoms with Crippen molar-refractivity contribution < 1.29 is 29.4 Å². The molecule has 7 N–H and O–H groups in total. The first kappa shape index (κ1) is 48.9. The lowest BCUT2D eigenvalue weighted by molar-refractivity contribution is -0.144. The SMILES string of the molecule is Cc1ncsc1-c1ccc(C(C)NC(=O)[C@@H]2C[C@@H](O)CN2C(=O)C(NC(=O)CCCCCCNC(=O)C(c2ccccc2)n2cc(-c3cc(-c4ccccc4O)nnc3N)cn2)C(C)(C)C)cc1. The summed E-state index contributed by atoms with van der Waals surface area (Å²) in [6.07, 6.45) is 5.48. The minimum absolute atomic E-state index is 0.0105. The molecule has 1 aliphatic rings. The van der Waals surface area contributed by atoms with Gasteiger partial charge < -0.3 is 36.8 Å². The van der Waals surface area contributed by atoms with E-state index in [0.717, 1.165) is 40.1 Å². The number of hydrogen-bond acceptors (Lipinski definition) is 12. The number of hydrogen-bond donors (Lipinski definition) is 6. The number of benzene rings is 3. The first-order valence-corrected chi connectivity index (χ1v) is 23.8. The maximum absolute atomic E-state index is 14.2. The molecule has 3 unspecified atom stereocenters. The lowest BCUT2D eigenvalue weighted by Crippen LogP contribution is -2.57. The third-order valence-electron chi connectivity index (χ3n) is 12.2. The summed E-state index contributed by atoms with van der Waals surface area (Å²) in [5.41, 5.74) is 13.1. The molecule has 3 aromatic carbocycles. The normalized spacial score (nSPS) is 16.2. The van der Waals surface area contributed by atoms with Gasteiger partial charge in [0.05, 0.1) is 40.1 Å². The molecule has 0 bridgehead atoms. The van der Waals surface area contributed by atoms with Crippen LogP contribution in [0.15, 0.2) is 103 Å². The number of carbonyl (C=O) groups is 4. The number of nitrogens with one attached hydrogen (secondary N) is 3. The minimum Gasteiger partial charge on any atom is -0.507 e. The fourth-order valence-corrected chi connectivity index (χ4v) is 9.26. The molecule has 5 atom stereocenters. The fraction of sp³-hybridized carbons (Fsp3) is 0.373. The average molecular weight is 941 g/mol. The second-order valence-electron chi connectivity index (χ2n) is 18.4. The highest BCUT2D eigenvalue weighted by Crippen LogP contribution is 2.34. The summed E-state index contributed by atoms with van der Waals surface area (Å²) < 4.78 is 1.58. The van der Waals surface area contributed by atoms with Gasteiger partial charge in [-0.05, 0) is 67.0 Å². The number of aryl methyl sites for hydroxylation is 1. The van der Waals surface area contributed by atoms with Crippen molar-refractivity contribution in [2.75, 3.05) is 18.8 Å². The first-order valence-electron chi connectivity index (χ1n) is 23.0. The average Bonchev–Trinajstić information content (AvgIpc) is 4.08. The molecule has 1 aliphatic heterocycles. The number of para-hydroxylation sites is 1. The van der Waals surface area contributed by atoms with E-state index < -0.39 is 35.6 Å². The number of anilines is 1. The van der Waals surface area contributed by atoms with Crippen LogP contribution >= 0.6 is 11.3 Å². The summed E-state index contributed by atoms with van der Waals surface area (Å²) in [6.45, 7) is 9.83. The van der Waals surface area contributed by atoms with E-state index in [1.54, 1.807) is 58.7 Å². The van der Waals surface area contributed by atoms with Gasteiger partial charge in [-0.3, -0.25) is 23.9 Å². The number of unbranched alkanes of at least 4 members (excludes halogenated alkanes) is 3. The lowest BCUT2D eigenvalue weighted by Gasteiger charge is -2.35. The monoisotopic (exact) mass is 940 g/mol. The molecule has 7 rings (SSSR count). The molecule has 0 spiro atoms. The fourth-order valence-electron chi connectivity index (χ4n) is 8.45. The number of nitrogen functional groups attached to an aromatic ring is 1. The Hall–Kier alpha value is -6.98. The topological polar surface area (TPSA) is 231 Å². The van der Waals surface area contributed by atoms with E-state index in [0.29, 0.717) is 41.8 Å². The van der Waals surface area contributed by atoms with Crippen LogP contribution in [0.2, 0.25) is 0 Å². The molecule has 356 valence electrons. The van der Waals surface area contributed by atoms with E-state index in [1.807, 2.05) is 94.7 Å². The highest BCUT2D eigenvalue weighted by atomic mass is 32.1. The summed E-state index contributed by atoms with van der Waals surface area (Å²) in [7, 11) is 0. The van der Waals surface area contributed by atoms with Gasteiger partial charge >= 0.3 is 0 Å². The van der Waals surface area contributed by atoms with Gasteiger partial charge in [-0.15, -0.1) is 21.5 Å². The van der Waals surface area contributed by atoms with Gasteiger partial charge in [0.15, 0.2) is 11.9 Å². The predicted molar refractivity (Wildman–Crippen MR) is 262 cm³/mol. The third-order valence-corrected chi connectivity index (χ3v) is 13.2. The van der Waals surface area contributed by atoms with Crippen molar-refractivity contribution in [2.45, 2.75) is 103 Å². The standard InChI is InChI=1S/C51H60N10O6S/c1-31(33-20-22-35(23-21-33)45-32(2)54-30-68-45)56-48(65)41-25-37(62)29-60(41)50(67)46(51(3,4)5)57-43(64)19-11-6-7-14-24-53-49(66)44(34-15-9-8-10-16-34)61-28-36(27-55-61)39-26-40(58-59-47(39)52)38-17-12-13-18-42(38)63/h8-10,12-13,15-18,20-23,26-28,30-31,37,41,44,46,62-63H,6-7,11,14,19,24-25,29H2,1-5H3,(H2,52,59)(H,53,66)(H,56,65)(H,57,64)/t31?,37-,41+,44?,46?/m1/s1. The van der Waals surface area contributed by atoms with Crippen molar-refractivity contribution in [3.63, 3.8) is 0 Å². The number of amides is 4. The number of thiazole rings is 1. The van der Waals surface area contributed by atoms with Crippen molar-refractivity contribution in [3.8, 4) is 38.6 Å². The minimum atomic E-state index is -0.922.